The molecule has 0 fully saturated rings. The summed E-state index contributed by atoms with van der Waals surface area (Å²) in [7, 11) is 0. The molecule has 0 aromatic heterocycles. The number of rotatable bonds is 10. The summed E-state index contributed by atoms with van der Waals surface area (Å²) in [6.45, 7) is 5.92. The lowest BCUT2D eigenvalue weighted by molar-refractivity contribution is -0.133. The Labute approximate surface area is 174 Å². The lowest BCUT2D eigenvalue weighted by Crippen LogP contribution is -2.36. The number of carbonyl (C=O) groups excluding carboxylic acids is 2. The second-order valence-corrected chi connectivity index (χ2v) is 6.84. The lowest BCUT2D eigenvalue weighted by Gasteiger charge is -2.22. The Balaban J connectivity index is 0.00000392. The lowest BCUT2D eigenvalue weighted by atomic mass is 10.0. The van der Waals surface area contributed by atoms with E-state index in [1.807, 2.05) is 35.2 Å². The van der Waals surface area contributed by atoms with Crippen LogP contribution in [0.3, 0.4) is 0 Å². The minimum atomic E-state index is -0.250. The van der Waals surface area contributed by atoms with Gasteiger partial charge in [-0.05, 0) is 35.2 Å². The van der Waals surface area contributed by atoms with Crippen LogP contribution in [0.4, 0.5) is 0 Å². The van der Waals surface area contributed by atoms with Crippen molar-refractivity contribution in [2.75, 3.05) is 19.6 Å². The van der Waals surface area contributed by atoms with Crippen molar-refractivity contribution in [3.8, 4) is 0 Å². The van der Waals surface area contributed by atoms with Crippen LogP contribution in [0.5, 0.6) is 0 Å². The quantitative estimate of drug-likeness (QED) is 0.631. The molecule has 5 nitrogen and oxygen atoms in total. The van der Waals surface area contributed by atoms with E-state index >= 15 is 0 Å². The van der Waals surface area contributed by atoms with Crippen LogP contribution in [-0.4, -0.2) is 36.3 Å². The fraction of sp³-hybridized carbons (Fsp3) is 0.455. The number of halogens is 1. The van der Waals surface area contributed by atoms with Gasteiger partial charge in [0, 0.05) is 32.5 Å². The van der Waals surface area contributed by atoms with Crippen LogP contribution in [0.15, 0.2) is 42.5 Å². The first-order valence-electron chi connectivity index (χ1n) is 9.84. The first-order chi connectivity index (χ1) is 13.1. The molecule has 2 aromatic rings. The largest absolute Gasteiger partial charge is 0.348 e. The highest BCUT2D eigenvalue weighted by Gasteiger charge is 2.17. The van der Waals surface area contributed by atoms with E-state index in [2.05, 4.69) is 31.3 Å². The summed E-state index contributed by atoms with van der Waals surface area (Å²) in [5.41, 5.74) is 6.87. The van der Waals surface area contributed by atoms with E-state index in [0.717, 1.165) is 42.3 Å². The van der Waals surface area contributed by atoms with Crippen LogP contribution in [0.1, 0.15) is 51.1 Å². The first kappa shape index (κ1) is 23.9. The van der Waals surface area contributed by atoms with Crippen LogP contribution in [0.2, 0.25) is 0 Å². The van der Waals surface area contributed by atoms with E-state index < -0.39 is 0 Å². The first-order valence-corrected chi connectivity index (χ1v) is 9.84. The Kier molecular flexibility index (Phi) is 10.6. The standard InChI is InChI=1S/C22H31N3O2.ClH/c1-3-13-25(14-4-2)22(27)12-11-21(26)24-20(16-23)19-10-9-17-7-5-6-8-18(17)15-19;/h5-10,15,20H,3-4,11-14,16,23H2,1-2H3,(H,24,26);1H. The summed E-state index contributed by atoms with van der Waals surface area (Å²) >= 11 is 0. The molecule has 2 aromatic carbocycles. The molecule has 1 unspecified atom stereocenters. The number of hydrogen-bond donors (Lipinski definition) is 2. The smallest absolute Gasteiger partial charge is 0.223 e. The molecule has 0 saturated carbocycles. The molecule has 0 aliphatic heterocycles. The van der Waals surface area contributed by atoms with Gasteiger partial charge >= 0.3 is 0 Å². The molecule has 0 saturated heterocycles. The number of nitrogens with zero attached hydrogens (tertiary/aromatic N) is 1. The van der Waals surface area contributed by atoms with Crippen molar-refractivity contribution < 1.29 is 9.59 Å². The molecule has 0 aliphatic rings. The highest BCUT2D eigenvalue weighted by Crippen LogP contribution is 2.20. The average molecular weight is 406 g/mol. The number of carbonyl (C=O) groups is 2. The monoisotopic (exact) mass is 405 g/mol. The fourth-order valence-electron chi connectivity index (χ4n) is 3.25. The zero-order valence-corrected chi connectivity index (χ0v) is 17.6. The van der Waals surface area contributed by atoms with Gasteiger partial charge < -0.3 is 16.0 Å². The van der Waals surface area contributed by atoms with Gasteiger partial charge in [0.15, 0.2) is 0 Å². The Hall–Kier alpha value is -2.11. The van der Waals surface area contributed by atoms with E-state index in [0.29, 0.717) is 6.54 Å². The predicted molar refractivity (Wildman–Crippen MR) is 118 cm³/mol. The molecule has 3 N–H and O–H groups in total. The minimum absolute atomic E-state index is 0. The molecular formula is C22H32ClN3O2. The Morgan fingerprint density at radius 1 is 1.00 bits per heavy atom. The van der Waals surface area contributed by atoms with Crippen molar-refractivity contribution in [1.29, 1.82) is 0 Å². The Bertz CT molecular complexity index is 760. The zero-order valence-electron chi connectivity index (χ0n) is 16.8. The summed E-state index contributed by atoms with van der Waals surface area (Å²) in [6.07, 6.45) is 2.28. The summed E-state index contributed by atoms with van der Waals surface area (Å²) in [6, 6.07) is 13.9. The maximum Gasteiger partial charge on any atom is 0.223 e. The van der Waals surface area contributed by atoms with E-state index in [1.165, 1.54) is 0 Å². The van der Waals surface area contributed by atoms with Gasteiger partial charge in [-0.3, -0.25) is 9.59 Å². The number of hydrogen-bond acceptors (Lipinski definition) is 3. The van der Waals surface area contributed by atoms with Gasteiger partial charge in [-0.25, -0.2) is 0 Å². The van der Waals surface area contributed by atoms with Crippen LogP contribution >= 0.6 is 12.4 Å². The molecule has 0 heterocycles. The van der Waals surface area contributed by atoms with Gasteiger partial charge in [0.25, 0.3) is 0 Å². The van der Waals surface area contributed by atoms with Crippen molar-refractivity contribution >= 4 is 35.0 Å². The van der Waals surface area contributed by atoms with E-state index in [1.54, 1.807) is 0 Å². The molecule has 0 radical (unpaired) electrons. The van der Waals surface area contributed by atoms with Crippen LogP contribution in [-0.2, 0) is 9.59 Å². The summed E-state index contributed by atoms with van der Waals surface area (Å²) in [5, 5.41) is 5.24. The second kappa shape index (κ2) is 12.4. The van der Waals surface area contributed by atoms with Crippen molar-refractivity contribution in [2.45, 2.75) is 45.6 Å². The Morgan fingerprint density at radius 3 is 2.25 bits per heavy atom. The van der Waals surface area contributed by atoms with E-state index in [-0.39, 0.29) is 43.1 Å². The highest BCUT2D eigenvalue weighted by atomic mass is 35.5. The third kappa shape index (κ3) is 6.80. The molecule has 2 rings (SSSR count). The number of fused-ring (bicyclic) bond motifs is 1. The van der Waals surface area contributed by atoms with Gasteiger partial charge in [0.1, 0.15) is 0 Å². The van der Waals surface area contributed by atoms with Crippen molar-refractivity contribution in [2.24, 2.45) is 5.73 Å². The topological polar surface area (TPSA) is 75.4 Å². The van der Waals surface area contributed by atoms with Gasteiger partial charge in [0.2, 0.25) is 11.8 Å². The van der Waals surface area contributed by atoms with Gasteiger partial charge in [0.05, 0.1) is 6.04 Å². The number of nitrogens with two attached hydrogens (primary N) is 1. The number of benzene rings is 2. The van der Waals surface area contributed by atoms with Crippen molar-refractivity contribution in [1.82, 2.24) is 10.2 Å². The minimum Gasteiger partial charge on any atom is -0.348 e. The molecular weight excluding hydrogens is 374 g/mol. The molecule has 0 spiro atoms. The molecule has 154 valence electrons. The molecule has 6 heteroatoms. The van der Waals surface area contributed by atoms with Crippen LogP contribution in [0.25, 0.3) is 10.8 Å². The second-order valence-electron chi connectivity index (χ2n) is 6.84. The average Bonchev–Trinajstić information content (AvgIpc) is 2.69. The molecule has 1 atom stereocenters. The SMILES string of the molecule is CCCN(CCC)C(=O)CCC(=O)NC(CN)c1ccc2ccccc2c1.Cl. The van der Waals surface area contributed by atoms with Gasteiger partial charge in [-0.1, -0.05) is 50.2 Å². The maximum atomic E-state index is 12.4. The van der Waals surface area contributed by atoms with Crippen molar-refractivity contribution in [3.05, 3.63) is 48.0 Å². The summed E-state index contributed by atoms with van der Waals surface area (Å²) in [4.78, 5) is 26.5. The number of amides is 2. The van der Waals surface area contributed by atoms with Gasteiger partial charge in [-0.15, -0.1) is 12.4 Å². The number of nitrogens with one attached hydrogen (secondary N) is 1. The molecule has 0 bridgehead atoms. The highest BCUT2D eigenvalue weighted by molar-refractivity contribution is 5.86. The molecule has 0 aliphatic carbocycles. The van der Waals surface area contributed by atoms with Gasteiger partial charge in [-0.2, -0.15) is 0 Å². The Morgan fingerprint density at radius 2 is 1.64 bits per heavy atom. The third-order valence-corrected chi connectivity index (χ3v) is 4.65. The molecule has 2 amide bonds. The van der Waals surface area contributed by atoms with Crippen LogP contribution in [0, 0.1) is 0 Å². The van der Waals surface area contributed by atoms with Crippen molar-refractivity contribution in [3.63, 3.8) is 0 Å². The normalized spacial score (nSPS) is 11.5. The maximum absolute atomic E-state index is 12.4. The summed E-state index contributed by atoms with van der Waals surface area (Å²) in [5.74, 6) is -0.0937. The van der Waals surface area contributed by atoms with Crippen LogP contribution < -0.4 is 11.1 Å². The predicted octanol–water partition coefficient (Wildman–Crippen LogP) is 3.81. The van der Waals surface area contributed by atoms with E-state index in [9.17, 15) is 9.59 Å². The third-order valence-electron chi connectivity index (χ3n) is 4.65. The summed E-state index contributed by atoms with van der Waals surface area (Å²) < 4.78 is 0. The fourth-order valence-corrected chi connectivity index (χ4v) is 3.25. The van der Waals surface area contributed by atoms with E-state index in [4.69, 9.17) is 5.73 Å². The zero-order chi connectivity index (χ0) is 19.6. The molecule has 28 heavy (non-hydrogen) atoms.